The second kappa shape index (κ2) is 4.41. The van der Waals surface area contributed by atoms with Gasteiger partial charge < -0.3 is 15.6 Å². The number of nitrogens with two attached hydrogens (primary N) is 1. The smallest absolute Gasteiger partial charge is 0.220 e. The van der Waals surface area contributed by atoms with E-state index in [-0.39, 0.29) is 6.54 Å². The van der Waals surface area contributed by atoms with Crippen molar-refractivity contribution in [2.75, 3.05) is 13.7 Å². The van der Waals surface area contributed by atoms with E-state index in [1.54, 1.807) is 12.1 Å². The molecule has 1 atom stereocenters. The van der Waals surface area contributed by atoms with Crippen LogP contribution in [-0.2, 0) is 0 Å². The summed E-state index contributed by atoms with van der Waals surface area (Å²) in [5, 5.41) is 9.77. The fourth-order valence-corrected chi connectivity index (χ4v) is 1.11. The molecule has 72 valence electrons. The van der Waals surface area contributed by atoms with Crippen LogP contribution in [0.3, 0.4) is 0 Å². The highest BCUT2D eigenvalue weighted by atomic mass is 35.5. The van der Waals surface area contributed by atoms with Gasteiger partial charge in [-0.3, -0.25) is 0 Å². The van der Waals surface area contributed by atoms with E-state index in [1.165, 1.54) is 7.11 Å². The van der Waals surface area contributed by atoms with Crippen LogP contribution in [0.4, 0.5) is 0 Å². The lowest BCUT2D eigenvalue weighted by Crippen LogP contribution is -2.13. The third-order valence-electron chi connectivity index (χ3n) is 1.63. The molecule has 4 nitrogen and oxygen atoms in total. The van der Waals surface area contributed by atoms with Gasteiger partial charge in [0.05, 0.1) is 13.2 Å². The molecule has 1 aromatic rings. The van der Waals surface area contributed by atoms with Gasteiger partial charge in [-0.25, -0.2) is 4.98 Å². The predicted molar refractivity (Wildman–Crippen MR) is 49.8 cm³/mol. The van der Waals surface area contributed by atoms with Crippen molar-refractivity contribution in [1.82, 2.24) is 4.98 Å². The molecular formula is C8H11ClN2O2. The van der Waals surface area contributed by atoms with Gasteiger partial charge in [0, 0.05) is 12.1 Å². The fourth-order valence-electron chi connectivity index (χ4n) is 0.973. The minimum atomic E-state index is -0.764. The quantitative estimate of drug-likeness (QED) is 0.710. The SMILES string of the molecule is COc1nc(Cl)ccc1[C@@H](O)CN. The molecule has 0 aliphatic heterocycles. The monoisotopic (exact) mass is 202 g/mol. The van der Waals surface area contributed by atoms with E-state index in [2.05, 4.69) is 4.98 Å². The zero-order valence-corrected chi connectivity index (χ0v) is 7.95. The van der Waals surface area contributed by atoms with Crippen LogP contribution in [0.25, 0.3) is 0 Å². The zero-order valence-electron chi connectivity index (χ0n) is 7.20. The summed E-state index contributed by atoms with van der Waals surface area (Å²) < 4.78 is 4.94. The zero-order chi connectivity index (χ0) is 9.84. The molecule has 1 rings (SSSR count). The second-order valence-electron chi connectivity index (χ2n) is 2.48. The normalized spacial score (nSPS) is 12.6. The second-order valence-corrected chi connectivity index (χ2v) is 2.87. The lowest BCUT2D eigenvalue weighted by molar-refractivity contribution is 0.181. The first kappa shape index (κ1) is 10.2. The number of methoxy groups -OCH3 is 1. The maximum absolute atomic E-state index is 9.44. The minimum absolute atomic E-state index is 0.125. The summed E-state index contributed by atoms with van der Waals surface area (Å²) in [5.74, 6) is 0.311. The predicted octanol–water partition coefficient (Wildman–Crippen LogP) is 0.736. The molecule has 0 spiro atoms. The number of ether oxygens (including phenoxy) is 1. The molecule has 1 aromatic heterocycles. The highest BCUT2D eigenvalue weighted by Crippen LogP contribution is 2.23. The molecule has 0 aromatic carbocycles. The Kier molecular flexibility index (Phi) is 3.48. The van der Waals surface area contributed by atoms with Crippen molar-refractivity contribution in [2.45, 2.75) is 6.10 Å². The highest BCUT2D eigenvalue weighted by Gasteiger charge is 2.12. The van der Waals surface area contributed by atoms with Gasteiger partial charge in [0.15, 0.2) is 0 Å². The molecule has 0 bridgehead atoms. The molecule has 0 fully saturated rings. The number of aliphatic hydroxyl groups excluding tert-OH is 1. The molecule has 0 saturated carbocycles. The molecule has 0 aliphatic carbocycles. The third kappa shape index (κ3) is 2.30. The number of hydrogen-bond donors (Lipinski definition) is 2. The molecule has 0 aliphatic rings. The molecule has 0 amide bonds. The largest absolute Gasteiger partial charge is 0.481 e. The van der Waals surface area contributed by atoms with Crippen molar-refractivity contribution in [3.8, 4) is 5.88 Å². The van der Waals surface area contributed by atoms with E-state index in [9.17, 15) is 5.11 Å². The van der Waals surface area contributed by atoms with Gasteiger partial charge in [-0.2, -0.15) is 0 Å². The van der Waals surface area contributed by atoms with Crippen molar-refractivity contribution in [1.29, 1.82) is 0 Å². The molecule has 0 radical (unpaired) electrons. The third-order valence-corrected chi connectivity index (χ3v) is 1.84. The standard InChI is InChI=1S/C8H11ClN2O2/c1-13-8-5(6(12)4-10)2-3-7(9)11-8/h2-3,6,12H,4,10H2,1H3/t6-/m0/s1. The maximum atomic E-state index is 9.44. The molecule has 3 N–H and O–H groups in total. The van der Waals surface area contributed by atoms with Gasteiger partial charge in [-0.15, -0.1) is 0 Å². The molecule has 5 heteroatoms. The van der Waals surface area contributed by atoms with Crippen molar-refractivity contribution < 1.29 is 9.84 Å². The van der Waals surface area contributed by atoms with Crippen molar-refractivity contribution in [3.63, 3.8) is 0 Å². The van der Waals surface area contributed by atoms with E-state index in [0.717, 1.165) is 0 Å². The maximum Gasteiger partial charge on any atom is 0.220 e. The van der Waals surface area contributed by atoms with Crippen LogP contribution < -0.4 is 10.5 Å². The fraction of sp³-hybridized carbons (Fsp3) is 0.375. The minimum Gasteiger partial charge on any atom is -0.481 e. The van der Waals surface area contributed by atoms with Gasteiger partial charge in [-0.05, 0) is 12.1 Å². The Hall–Kier alpha value is -0.840. The number of rotatable bonds is 3. The summed E-state index contributed by atoms with van der Waals surface area (Å²) in [5.41, 5.74) is 5.85. The Bertz CT molecular complexity index is 293. The van der Waals surface area contributed by atoms with Crippen LogP contribution in [-0.4, -0.2) is 23.7 Å². The number of nitrogens with zero attached hydrogens (tertiary/aromatic N) is 1. The Balaban J connectivity index is 3.05. The van der Waals surface area contributed by atoms with E-state index >= 15 is 0 Å². The first-order valence-electron chi connectivity index (χ1n) is 3.77. The summed E-state index contributed by atoms with van der Waals surface area (Å²) in [7, 11) is 1.46. The highest BCUT2D eigenvalue weighted by molar-refractivity contribution is 6.29. The van der Waals surface area contributed by atoms with Crippen LogP contribution in [0, 0.1) is 0 Å². The summed E-state index contributed by atoms with van der Waals surface area (Å²) in [6, 6.07) is 3.23. The van der Waals surface area contributed by atoms with Gasteiger partial charge in [-0.1, -0.05) is 11.6 Å². The number of hydrogen-bond acceptors (Lipinski definition) is 4. The van der Waals surface area contributed by atoms with Crippen molar-refractivity contribution in [3.05, 3.63) is 22.8 Å². The molecule has 0 unspecified atom stereocenters. The van der Waals surface area contributed by atoms with E-state index in [0.29, 0.717) is 16.6 Å². The van der Waals surface area contributed by atoms with Gasteiger partial charge >= 0.3 is 0 Å². The Labute approximate surface area is 81.3 Å². The van der Waals surface area contributed by atoms with E-state index in [4.69, 9.17) is 22.1 Å². The average Bonchev–Trinajstić information content (AvgIpc) is 2.16. The Morgan fingerprint density at radius 3 is 2.92 bits per heavy atom. The number of aliphatic hydroxyl groups is 1. The first-order valence-corrected chi connectivity index (χ1v) is 4.15. The van der Waals surface area contributed by atoms with Gasteiger partial charge in [0.25, 0.3) is 0 Å². The summed E-state index contributed by atoms with van der Waals surface area (Å²) >= 11 is 5.64. The molecule has 13 heavy (non-hydrogen) atoms. The number of halogens is 1. The molecule has 0 saturated heterocycles. The van der Waals surface area contributed by atoms with Gasteiger partial charge in [0.1, 0.15) is 5.15 Å². The van der Waals surface area contributed by atoms with Crippen LogP contribution in [0.2, 0.25) is 5.15 Å². The first-order chi connectivity index (χ1) is 6.19. The lowest BCUT2D eigenvalue weighted by atomic mass is 10.1. The molecular weight excluding hydrogens is 192 g/mol. The Morgan fingerprint density at radius 2 is 2.38 bits per heavy atom. The van der Waals surface area contributed by atoms with Crippen molar-refractivity contribution in [2.24, 2.45) is 5.73 Å². The average molecular weight is 203 g/mol. The van der Waals surface area contributed by atoms with Crippen LogP contribution >= 0.6 is 11.6 Å². The Morgan fingerprint density at radius 1 is 1.69 bits per heavy atom. The van der Waals surface area contributed by atoms with Crippen LogP contribution in [0.5, 0.6) is 5.88 Å². The van der Waals surface area contributed by atoms with E-state index < -0.39 is 6.10 Å². The van der Waals surface area contributed by atoms with Crippen LogP contribution in [0.15, 0.2) is 12.1 Å². The number of aromatic nitrogens is 1. The van der Waals surface area contributed by atoms with Crippen molar-refractivity contribution >= 4 is 11.6 Å². The lowest BCUT2D eigenvalue weighted by Gasteiger charge is -2.11. The molecule has 1 heterocycles. The summed E-state index contributed by atoms with van der Waals surface area (Å²) in [6.07, 6.45) is -0.764. The summed E-state index contributed by atoms with van der Waals surface area (Å²) in [4.78, 5) is 3.89. The van der Waals surface area contributed by atoms with E-state index in [1.807, 2.05) is 0 Å². The topological polar surface area (TPSA) is 68.4 Å². The number of pyridine rings is 1. The van der Waals surface area contributed by atoms with Crippen LogP contribution in [0.1, 0.15) is 11.7 Å². The summed E-state index contributed by atoms with van der Waals surface area (Å²) in [6.45, 7) is 0.125. The van der Waals surface area contributed by atoms with Gasteiger partial charge in [0.2, 0.25) is 5.88 Å².